The molecule has 1 aliphatic heterocycles. The SMILES string of the molecule is OC(c1c(Cl)cccc1Cl)C1CCOC1. The van der Waals surface area contributed by atoms with Crippen molar-refractivity contribution in [1.82, 2.24) is 0 Å². The topological polar surface area (TPSA) is 29.5 Å². The Balaban J connectivity index is 2.27. The van der Waals surface area contributed by atoms with Gasteiger partial charge in [-0.1, -0.05) is 29.3 Å². The third-order valence-electron chi connectivity index (χ3n) is 2.71. The monoisotopic (exact) mass is 246 g/mol. The molecule has 82 valence electrons. The third kappa shape index (κ3) is 2.28. The van der Waals surface area contributed by atoms with E-state index >= 15 is 0 Å². The van der Waals surface area contributed by atoms with Gasteiger partial charge in [-0.15, -0.1) is 0 Å². The zero-order valence-corrected chi connectivity index (χ0v) is 9.63. The molecular weight excluding hydrogens is 235 g/mol. The van der Waals surface area contributed by atoms with Gasteiger partial charge in [0.15, 0.2) is 0 Å². The van der Waals surface area contributed by atoms with Gasteiger partial charge in [-0.3, -0.25) is 0 Å². The summed E-state index contributed by atoms with van der Waals surface area (Å²) < 4.78 is 5.23. The molecule has 2 nitrogen and oxygen atoms in total. The average molecular weight is 247 g/mol. The molecule has 0 spiro atoms. The van der Waals surface area contributed by atoms with Gasteiger partial charge < -0.3 is 9.84 Å². The molecule has 0 bridgehead atoms. The predicted molar refractivity (Wildman–Crippen MR) is 60.3 cm³/mol. The molecule has 0 saturated carbocycles. The summed E-state index contributed by atoms with van der Waals surface area (Å²) in [6, 6.07) is 5.25. The molecule has 4 heteroatoms. The minimum atomic E-state index is -0.631. The molecule has 1 N–H and O–H groups in total. The summed E-state index contributed by atoms with van der Waals surface area (Å²) in [5.74, 6) is 0.0994. The van der Waals surface area contributed by atoms with E-state index in [2.05, 4.69) is 0 Å². The molecule has 15 heavy (non-hydrogen) atoms. The van der Waals surface area contributed by atoms with Crippen LogP contribution < -0.4 is 0 Å². The minimum Gasteiger partial charge on any atom is -0.388 e. The average Bonchev–Trinajstić information content (AvgIpc) is 2.69. The van der Waals surface area contributed by atoms with Gasteiger partial charge in [0.1, 0.15) is 0 Å². The number of benzene rings is 1. The van der Waals surface area contributed by atoms with Crippen molar-refractivity contribution >= 4 is 23.2 Å². The fraction of sp³-hybridized carbons (Fsp3) is 0.455. The second-order valence-corrected chi connectivity index (χ2v) is 4.52. The number of ether oxygens (including phenoxy) is 1. The highest BCUT2D eigenvalue weighted by Crippen LogP contribution is 2.36. The molecule has 0 aliphatic carbocycles. The highest BCUT2D eigenvalue weighted by Gasteiger charge is 2.28. The van der Waals surface area contributed by atoms with Gasteiger partial charge in [0.2, 0.25) is 0 Å². The zero-order chi connectivity index (χ0) is 10.8. The second-order valence-electron chi connectivity index (χ2n) is 3.70. The Hall–Kier alpha value is -0.280. The summed E-state index contributed by atoms with van der Waals surface area (Å²) in [5.41, 5.74) is 0.622. The van der Waals surface area contributed by atoms with E-state index in [0.717, 1.165) is 6.42 Å². The predicted octanol–water partition coefficient (Wildman–Crippen LogP) is 3.06. The van der Waals surface area contributed by atoms with Crippen LogP contribution in [0.5, 0.6) is 0 Å². The van der Waals surface area contributed by atoms with E-state index in [1.165, 1.54) is 0 Å². The van der Waals surface area contributed by atoms with E-state index in [9.17, 15) is 5.11 Å². The quantitative estimate of drug-likeness (QED) is 0.870. The first-order valence-electron chi connectivity index (χ1n) is 4.90. The molecule has 0 amide bonds. The summed E-state index contributed by atoms with van der Waals surface area (Å²) in [4.78, 5) is 0. The molecule has 2 rings (SSSR count). The van der Waals surface area contributed by atoms with Crippen molar-refractivity contribution in [3.8, 4) is 0 Å². The number of halogens is 2. The first kappa shape index (κ1) is 11.2. The standard InChI is InChI=1S/C11H12Cl2O2/c12-8-2-1-3-9(13)10(8)11(14)7-4-5-15-6-7/h1-3,7,11,14H,4-6H2. The van der Waals surface area contributed by atoms with Crippen LogP contribution in [0.1, 0.15) is 18.1 Å². The van der Waals surface area contributed by atoms with E-state index in [0.29, 0.717) is 28.8 Å². The molecule has 2 unspecified atom stereocenters. The van der Waals surface area contributed by atoms with Crippen LogP contribution in [0.2, 0.25) is 10.0 Å². The van der Waals surface area contributed by atoms with E-state index in [1.807, 2.05) is 0 Å². The van der Waals surface area contributed by atoms with Crippen LogP contribution in [0.4, 0.5) is 0 Å². The lowest BCUT2D eigenvalue weighted by Gasteiger charge is -2.19. The highest BCUT2D eigenvalue weighted by atomic mass is 35.5. The van der Waals surface area contributed by atoms with E-state index in [4.69, 9.17) is 27.9 Å². The van der Waals surface area contributed by atoms with E-state index in [1.54, 1.807) is 18.2 Å². The summed E-state index contributed by atoms with van der Waals surface area (Å²) in [7, 11) is 0. The van der Waals surface area contributed by atoms with E-state index < -0.39 is 6.10 Å². The normalized spacial score (nSPS) is 23.0. The highest BCUT2D eigenvalue weighted by molar-refractivity contribution is 6.36. The Morgan fingerprint density at radius 2 is 2.00 bits per heavy atom. The van der Waals surface area contributed by atoms with Gasteiger partial charge in [0.25, 0.3) is 0 Å². The van der Waals surface area contributed by atoms with Gasteiger partial charge in [-0.2, -0.15) is 0 Å². The summed E-state index contributed by atoms with van der Waals surface area (Å²) >= 11 is 12.0. The number of rotatable bonds is 2. The van der Waals surface area contributed by atoms with Crippen molar-refractivity contribution < 1.29 is 9.84 Å². The fourth-order valence-electron chi connectivity index (χ4n) is 1.83. The Bertz CT molecular complexity index is 328. The lowest BCUT2D eigenvalue weighted by molar-refractivity contribution is 0.0919. The van der Waals surface area contributed by atoms with Crippen molar-refractivity contribution in [2.45, 2.75) is 12.5 Å². The van der Waals surface area contributed by atoms with Crippen molar-refractivity contribution in [3.05, 3.63) is 33.8 Å². The van der Waals surface area contributed by atoms with Crippen molar-refractivity contribution in [1.29, 1.82) is 0 Å². The molecule has 1 fully saturated rings. The van der Waals surface area contributed by atoms with Crippen LogP contribution in [0, 0.1) is 5.92 Å². The maximum atomic E-state index is 10.1. The lowest BCUT2D eigenvalue weighted by atomic mass is 9.95. The number of hydrogen-bond donors (Lipinski definition) is 1. The van der Waals surface area contributed by atoms with Gasteiger partial charge >= 0.3 is 0 Å². The van der Waals surface area contributed by atoms with Crippen LogP contribution in [0.15, 0.2) is 18.2 Å². The molecule has 1 heterocycles. The zero-order valence-electron chi connectivity index (χ0n) is 8.12. The molecule has 1 aromatic carbocycles. The Morgan fingerprint density at radius 3 is 2.53 bits per heavy atom. The molecule has 0 radical (unpaired) electrons. The van der Waals surface area contributed by atoms with Crippen LogP contribution in [-0.2, 0) is 4.74 Å². The van der Waals surface area contributed by atoms with Crippen LogP contribution in [0.3, 0.4) is 0 Å². The third-order valence-corrected chi connectivity index (χ3v) is 3.37. The van der Waals surface area contributed by atoms with Crippen LogP contribution in [-0.4, -0.2) is 18.3 Å². The summed E-state index contributed by atoms with van der Waals surface area (Å²) in [6.45, 7) is 1.27. The summed E-state index contributed by atoms with van der Waals surface area (Å²) in [6.07, 6.45) is 0.219. The Kier molecular flexibility index (Phi) is 3.52. The maximum Gasteiger partial charge on any atom is 0.0870 e. The molecule has 1 aromatic rings. The number of aliphatic hydroxyl groups excluding tert-OH is 1. The van der Waals surface area contributed by atoms with Crippen LogP contribution in [0.25, 0.3) is 0 Å². The molecule has 2 atom stereocenters. The van der Waals surface area contributed by atoms with Gasteiger partial charge in [-0.25, -0.2) is 0 Å². The Morgan fingerprint density at radius 1 is 1.33 bits per heavy atom. The molecule has 0 aromatic heterocycles. The van der Waals surface area contributed by atoms with Crippen molar-refractivity contribution in [2.24, 2.45) is 5.92 Å². The smallest absolute Gasteiger partial charge is 0.0870 e. The summed E-state index contributed by atoms with van der Waals surface area (Å²) in [5, 5.41) is 11.2. The first-order chi connectivity index (χ1) is 7.20. The van der Waals surface area contributed by atoms with Crippen molar-refractivity contribution in [3.63, 3.8) is 0 Å². The Labute approximate surface area is 98.8 Å². The van der Waals surface area contributed by atoms with E-state index in [-0.39, 0.29) is 5.92 Å². The fourth-order valence-corrected chi connectivity index (χ4v) is 2.45. The lowest BCUT2D eigenvalue weighted by Crippen LogP contribution is -2.13. The first-order valence-corrected chi connectivity index (χ1v) is 5.65. The van der Waals surface area contributed by atoms with Crippen molar-refractivity contribution in [2.75, 3.05) is 13.2 Å². The van der Waals surface area contributed by atoms with Gasteiger partial charge in [0, 0.05) is 28.1 Å². The van der Waals surface area contributed by atoms with Crippen LogP contribution >= 0.6 is 23.2 Å². The molecule has 1 saturated heterocycles. The second kappa shape index (κ2) is 4.71. The maximum absolute atomic E-state index is 10.1. The van der Waals surface area contributed by atoms with Gasteiger partial charge in [-0.05, 0) is 18.6 Å². The minimum absolute atomic E-state index is 0.0994. The number of hydrogen-bond acceptors (Lipinski definition) is 2. The number of aliphatic hydroxyl groups is 1. The largest absolute Gasteiger partial charge is 0.388 e. The molecule has 1 aliphatic rings. The molecular formula is C11H12Cl2O2. The van der Waals surface area contributed by atoms with Gasteiger partial charge in [0.05, 0.1) is 12.7 Å².